The molecule has 2 nitrogen and oxygen atoms in total. The van der Waals surface area contributed by atoms with Crippen LogP contribution in [-0.2, 0) is 0 Å². The van der Waals surface area contributed by atoms with Crippen molar-refractivity contribution in [3.63, 3.8) is 0 Å². The minimum atomic E-state index is 0.937. The van der Waals surface area contributed by atoms with Crippen LogP contribution >= 0.6 is 0 Å². The van der Waals surface area contributed by atoms with Gasteiger partial charge in [-0.1, -0.05) is 24.3 Å². The van der Waals surface area contributed by atoms with Gasteiger partial charge in [-0.25, -0.2) is 0 Å². The minimum Gasteiger partial charge on any atom is -0.259 e. The van der Waals surface area contributed by atoms with E-state index in [1.54, 1.807) is 12.2 Å². The quantitative estimate of drug-likeness (QED) is 0.617. The number of nitrogens with one attached hydrogen (secondary N) is 2. The zero-order chi connectivity index (χ0) is 8.81. The van der Waals surface area contributed by atoms with Gasteiger partial charge in [-0.05, 0) is 22.9 Å². The van der Waals surface area contributed by atoms with Gasteiger partial charge in [-0.2, -0.15) is 0 Å². The summed E-state index contributed by atoms with van der Waals surface area (Å²) in [6.45, 7) is 0. The third-order valence-corrected chi connectivity index (χ3v) is 1.41. The van der Waals surface area contributed by atoms with Crippen molar-refractivity contribution >= 4 is 23.9 Å². The van der Waals surface area contributed by atoms with Crippen molar-refractivity contribution in [2.45, 2.75) is 0 Å². The normalized spacial score (nSPS) is 8.00. The second kappa shape index (κ2) is 4.09. The summed E-state index contributed by atoms with van der Waals surface area (Å²) < 4.78 is 0. The highest BCUT2D eigenvalue weighted by molar-refractivity contribution is 5.78. The van der Waals surface area contributed by atoms with E-state index in [2.05, 4.69) is 11.7 Å². The van der Waals surface area contributed by atoms with E-state index < -0.39 is 0 Å². The Hall–Kier alpha value is -1.88. The molecule has 0 aliphatic rings. The zero-order valence-electron chi connectivity index (χ0n) is 6.46. The van der Waals surface area contributed by atoms with Crippen molar-refractivity contribution in [3.05, 3.63) is 35.4 Å². The van der Waals surface area contributed by atoms with Gasteiger partial charge in [0.15, 0.2) is 0 Å². The molecule has 0 aromatic heterocycles. The van der Waals surface area contributed by atoms with Crippen LogP contribution in [0.4, 0.5) is 0 Å². The van der Waals surface area contributed by atoms with Gasteiger partial charge in [0.2, 0.25) is 0 Å². The van der Waals surface area contributed by atoms with E-state index in [-0.39, 0.29) is 0 Å². The van der Waals surface area contributed by atoms with Crippen molar-refractivity contribution in [2.24, 2.45) is 0 Å². The van der Waals surface area contributed by atoms with Crippen molar-refractivity contribution in [3.8, 4) is 0 Å². The maximum atomic E-state index is 6.72. The molecule has 0 heterocycles. The van der Waals surface area contributed by atoms with E-state index in [0.717, 1.165) is 11.1 Å². The first-order chi connectivity index (χ1) is 5.86. The number of hydrogen-bond donors (Lipinski definition) is 2. The van der Waals surface area contributed by atoms with Crippen LogP contribution in [0.15, 0.2) is 24.3 Å². The summed E-state index contributed by atoms with van der Waals surface area (Å²) in [7, 11) is 0. The Balaban J connectivity index is 2.99. The van der Waals surface area contributed by atoms with E-state index in [0.29, 0.717) is 0 Å². The van der Waals surface area contributed by atoms with Gasteiger partial charge in [0.05, 0.1) is 0 Å². The summed E-state index contributed by atoms with van der Waals surface area (Å²) in [5.41, 5.74) is 1.87. The van der Waals surface area contributed by atoms with E-state index in [1.165, 1.54) is 0 Å². The summed E-state index contributed by atoms with van der Waals surface area (Å²) in [5, 5.41) is 13.4. The van der Waals surface area contributed by atoms with Crippen molar-refractivity contribution in [1.82, 2.24) is 0 Å². The van der Waals surface area contributed by atoms with Crippen LogP contribution in [0.2, 0.25) is 0 Å². The highest BCUT2D eigenvalue weighted by Crippen LogP contribution is 2.05. The van der Waals surface area contributed by atoms with E-state index in [1.807, 2.05) is 24.3 Å². The van der Waals surface area contributed by atoms with Crippen LogP contribution in [0.1, 0.15) is 11.1 Å². The molecule has 0 saturated carbocycles. The van der Waals surface area contributed by atoms with Crippen LogP contribution in [0.5, 0.6) is 0 Å². The van der Waals surface area contributed by atoms with Gasteiger partial charge >= 0.3 is 0 Å². The van der Waals surface area contributed by atoms with Crippen LogP contribution in [-0.4, -0.2) is 11.7 Å². The lowest BCUT2D eigenvalue weighted by atomic mass is 10.1. The van der Waals surface area contributed by atoms with Crippen molar-refractivity contribution in [1.29, 1.82) is 10.8 Å². The van der Waals surface area contributed by atoms with Gasteiger partial charge in [-0.3, -0.25) is 10.8 Å². The molecule has 12 heavy (non-hydrogen) atoms. The Morgan fingerprint density at radius 2 is 1.17 bits per heavy atom. The fourth-order valence-corrected chi connectivity index (χ4v) is 0.855. The molecule has 0 fully saturated rings. The first kappa shape index (κ1) is 8.22. The molecule has 1 rings (SSSR count). The Kier molecular flexibility index (Phi) is 2.80. The molecule has 0 radical (unpaired) electrons. The second-order valence-corrected chi connectivity index (χ2v) is 2.24. The molecule has 0 aliphatic heterocycles. The zero-order valence-corrected chi connectivity index (χ0v) is 6.46. The molecular formula is C10H8N2. The summed E-state index contributed by atoms with van der Waals surface area (Å²) >= 11 is 0. The molecule has 0 unspecified atom stereocenters. The highest BCUT2D eigenvalue weighted by atomic mass is 14.3. The average molecular weight is 156 g/mol. The van der Waals surface area contributed by atoms with Gasteiger partial charge in [0.1, 0.15) is 0 Å². The summed E-state index contributed by atoms with van der Waals surface area (Å²) in [4.78, 5) is 0. The maximum Gasteiger partial charge on any atom is 0.00624 e. The third-order valence-electron chi connectivity index (χ3n) is 1.41. The summed E-state index contributed by atoms with van der Waals surface area (Å²) in [6, 6.07) is 7.46. The third kappa shape index (κ3) is 2.06. The van der Waals surface area contributed by atoms with E-state index in [4.69, 9.17) is 10.8 Å². The maximum absolute atomic E-state index is 6.72. The topological polar surface area (TPSA) is 47.7 Å². The minimum absolute atomic E-state index is 0.937. The van der Waals surface area contributed by atoms with Gasteiger partial charge in [-0.15, -0.1) is 0 Å². The first-order valence-corrected chi connectivity index (χ1v) is 3.48. The smallest absolute Gasteiger partial charge is 0.00624 e. The number of rotatable bonds is 2. The van der Waals surface area contributed by atoms with Crippen LogP contribution in [0.25, 0.3) is 12.2 Å². The highest BCUT2D eigenvalue weighted by Gasteiger charge is 1.86. The molecule has 0 atom stereocenters. The molecule has 0 saturated heterocycles. The lowest BCUT2D eigenvalue weighted by Gasteiger charge is -1.91. The monoisotopic (exact) mass is 156 g/mol. The Morgan fingerprint density at radius 3 is 1.42 bits per heavy atom. The van der Waals surface area contributed by atoms with Crippen LogP contribution in [0.3, 0.4) is 0 Å². The lowest BCUT2D eigenvalue weighted by Crippen LogP contribution is -1.73. The molecule has 0 bridgehead atoms. The molecule has 0 amide bonds. The SMILES string of the molecule is N=C=Cc1ccc(C=C=N)cc1. The van der Waals surface area contributed by atoms with Gasteiger partial charge in [0, 0.05) is 12.2 Å². The van der Waals surface area contributed by atoms with E-state index >= 15 is 0 Å². The molecule has 2 N–H and O–H groups in total. The fraction of sp³-hybridized carbons (Fsp3) is 0. The molecule has 0 aliphatic carbocycles. The molecular weight excluding hydrogens is 148 g/mol. The fourth-order valence-electron chi connectivity index (χ4n) is 0.855. The molecule has 2 heteroatoms. The summed E-state index contributed by atoms with van der Waals surface area (Å²) in [6.07, 6.45) is 3.16. The molecule has 58 valence electrons. The second-order valence-electron chi connectivity index (χ2n) is 2.24. The van der Waals surface area contributed by atoms with Crippen LogP contribution in [0, 0.1) is 10.8 Å². The van der Waals surface area contributed by atoms with E-state index in [9.17, 15) is 0 Å². The Bertz CT molecular complexity index is 313. The van der Waals surface area contributed by atoms with Gasteiger partial charge in [0.25, 0.3) is 0 Å². The standard InChI is InChI=1S/C10H8N2/c11-7-5-9-1-2-10(4-3-9)6-8-12/h1-6,11-12H. The Morgan fingerprint density at radius 1 is 0.833 bits per heavy atom. The Labute approximate surface area is 70.9 Å². The molecule has 0 spiro atoms. The van der Waals surface area contributed by atoms with Gasteiger partial charge < -0.3 is 0 Å². The summed E-state index contributed by atoms with van der Waals surface area (Å²) in [5.74, 6) is 4.40. The number of hydrogen-bond acceptors (Lipinski definition) is 2. The average Bonchev–Trinajstić information content (AvgIpc) is 2.09. The van der Waals surface area contributed by atoms with Crippen molar-refractivity contribution < 1.29 is 0 Å². The first-order valence-electron chi connectivity index (χ1n) is 3.48. The molecule has 1 aromatic carbocycles. The predicted octanol–water partition coefficient (Wildman–Crippen LogP) is 2.21. The lowest BCUT2D eigenvalue weighted by molar-refractivity contribution is 1.58. The predicted molar refractivity (Wildman–Crippen MR) is 50.8 cm³/mol. The largest absolute Gasteiger partial charge is 0.259 e. The molecule has 1 aromatic rings. The van der Waals surface area contributed by atoms with Crippen molar-refractivity contribution in [2.75, 3.05) is 0 Å². The number of benzene rings is 1. The van der Waals surface area contributed by atoms with Crippen LogP contribution < -0.4 is 0 Å².